The summed E-state index contributed by atoms with van der Waals surface area (Å²) in [5.74, 6) is 0.668. The van der Waals surface area contributed by atoms with Crippen LogP contribution in [0, 0.1) is 6.92 Å². The lowest BCUT2D eigenvalue weighted by Gasteiger charge is -2.01. The molecule has 0 bridgehead atoms. The normalized spacial score (nSPS) is 10.6. The van der Waals surface area contributed by atoms with Crippen LogP contribution in [0.15, 0.2) is 47.3 Å². The number of hydrogen-bond donors (Lipinski definition) is 0. The Labute approximate surface area is 129 Å². The molecule has 0 aliphatic carbocycles. The van der Waals surface area contributed by atoms with Gasteiger partial charge in [-0.05, 0) is 52.7 Å². The van der Waals surface area contributed by atoms with Crippen LogP contribution in [0.1, 0.15) is 15.9 Å². The van der Waals surface area contributed by atoms with Crippen molar-refractivity contribution in [3.63, 3.8) is 0 Å². The van der Waals surface area contributed by atoms with E-state index in [0.717, 1.165) is 16.3 Å². The van der Waals surface area contributed by atoms with E-state index in [1.54, 1.807) is 23.3 Å². The minimum absolute atomic E-state index is 0.480. The van der Waals surface area contributed by atoms with E-state index in [9.17, 15) is 4.79 Å². The van der Waals surface area contributed by atoms with E-state index in [4.69, 9.17) is 0 Å². The molecule has 3 rings (SSSR count). The molecule has 0 unspecified atom stereocenters. The molecule has 5 nitrogen and oxygen atoms in total. The number of nitrogens with zero attached hydrogens (tertiary/aromatic N) is 4. The van der Waals surface area contributed by atoms with Gasteiger partial charge in [0.1, 0.15) is 5.69 Å². The van der Waals surface area contributed by atoms with Gasteiger partial charge in [0, 0.05) is 23.1 Å². The molecule has 3 aromatic heterocycles. The maximum atomic E-state index is 11.3. The van der Waals surface area contributed by atoms with Gasteiger partial charge < -0.3 is 0 Å². The highest BCUT2D eigenvalue weighted by molar-refractivity contribution is 9.10. The zero-order valence-electron chi connectivity index (χ0n) is 11.2. The van der Waals surface area contributed by atoms with Gasteiger partial charge in [0.2, 0.25) is 0 Å². The molecule has 0 aliphatic rings. The fraction of sp³-hybridized carbons (Fsp3) is 0.0667. The lowest BCUT2D eigenvalue weighted by atomic mass is 10.2. The molecule has 0 spiro atoms. The SMILES string of the molecule is Cc1ccnc(-n2cc(C=O)c(-c3ccc(Br)cn3)n2)c1. The van der Waals surface area contributed by atoms with E-state index in [1.807, 2.05) is 31.2 Å². The molecule has 21 heavy (non-hydrogen) atoms. The first-order chi connectivity index (χ1) is 10.2. The van der Waals surface area contributed by atoms with E-state index >= 15 is 0 Å². The van der Waals surface area contributed by atoms with Crippen molar-refractivity contribution in [3.8, 4) is 17.2 Å². The molecule has 0 aliphatic heterocycles. The van der Waals surface area contributed by atoms with Crippen molar-refractivity contribution in [3.05, 3.63) is 58.5 Å². The predicted octanol–water partition coefficient (Wildman–Crippen LogP) is 3.21. The molecule has 0 saturated heterocycles. The van der Waals surface area contributed by atoms with Crippen molar-refractivity contribution < 1.29 is 4.79 Å². The molecular formula is C15H11BrN4O. The number of aryl methyl sites for hydroxylation is 1. The summed E-state index contributed by atoms with van der Waals surface area (Å²) in [6.07, 6.45) is 5.82. The third-order valence-electron chi connectivity index (χ3n) is 2.98. The Morgan fingerprint density at radius 3 is 2.76 bits per heavy atom. The topological polar surface area (TPSA) is 60.7 Å². The van der Waals surface area contributed by atoms with Crippen LogP contribution < -0.4 is 0 Å². The van der Waals surface area contributed by atoms with Gasteiger partial charge >= 0.3 is 0 Å². The molecule has 0 aromatic carbocycles. The first kappa shape index (κ1) is 13.6. The molecule has 0 radical (unpaired) electrons. The highest BCUT2D eigenvalue weighted by atomic mass is 79.9. The zero-order valence-corrected chi connectivity index (χ0v) is 12.8. The van der Waals surface area contributed by atoms with E-state index in [1.165, 1.54) is 0 Å². The lowest BCUT2D eigenvalue weighted by Crippen LogP contribution is -1.98. The number of aldehydes is 1. The smallest absolute Gasteiger partial charge is 0.153 e. The second-order valence-electron chi connectivity index (χ2n) is 4.55. The summed E-state index contributed by atoms with van der Waals surface area (Å²) in [5, 5.41) is 4.44. The molecule has 3 heterocycles. The number of hydrogen-bond acceptors (Lipinski definition) is 4. The Kier molecular flexibility index (Phi) is 3.62. The molecule has 0 amide bonds. The van der Waals surface area contributed by atoms with Crippen LogP contribution in [0.2, 0.25) is 0 Å². The van der Waals surface area contributed by atoms with Crippen LogP contribution in [0.5, 0.6) is 0 Å². The van der Waals surface area contributed by atoms with E-state index in [0.29, 0.717) is 22.8 Å². The van der Waals surface area contributed by atoms with Gasteiger partial charge in [-0.3, -0.25) is 9.78 Å². The standard InChI is InChI=1S/C15H11BrN4O/c1-10-4-5-17-14(6-10)20-8-11(9-21)15(19-20)13-3-2-12(16)7-18-13/h2-9H,1H3. The number of carbonyl (C=O) groups is 1. The Morgan fingerprint density at radius 1 is 1.24 bits per heavy atom. The van der Waals surface area contributed by atoms with Crippen LogP contribution in [0.4, 0.5) is 0 Å². The molecule has 6 heteroatoms. The van der Waals surface area contributed by atoms with Crippen molar-refractivity contribution in [1.29, 1.82) is 0 Å². The minimum atomic E-state index is 0.480. The third kappa shape index (κ3) is 2.75. The van der Waals surface area contributed by atoms with Gasteiger partial charge in [0.15, 0.2) is 12.1 Å². The van der Waals surface area contributed by atoms with Crippen molar-refractivity contribution in [1.82, 2.24) is 19.7 Å². The summed E-state index contributed by atoms with van der Waals surface area (Å²) in [7, 11) is 0. The minimum Gasteiger partial charge on any atom is -0.298 e. The molecule has 0 saturated carbocycles. The molecule has 3 aromatic rings. The summed E-state index contributed by atoms with van der Waals surface area (Å²) in [6, 6.07) is 7.49. The van der Waals surface area contributed by atoms with Gasteiger partial charge in [0.05, 0.1) is 11.3 Å². The summed E-state index contributed by atoms with van der Waals surface area (Å²) in [4.78, 5) is 19.8. The van der Waals surface area contributed by atoms with Crippen LogP contribution in [-0.2, 0) is 0 Å². The number of carbonyl (C=O) groups excluding carboxylic acids is 1. The van der Waals surface area contributed by atoms with E-state index < -0.39 is 0 Å². The van der Waals surface area contributed by atoms with Gasteiger partial charge in [-0.1, -0.05) is 0 Å². The summed E-state index contributed by atoms with van der Waals surface area (Å²) >= 11 is 3.34. The lowest BCUT2D eigenvalue weighted by molar-refractivity contribution is 0.112. The fourth-order valence-corrected chi connectivity index (χ4v) is 2.19. The summed E-state index contributed by atoms with van der Waals surface area (Å²) in [5.41, 5.74) is 2.74. The number of pyridine rings is 2. The Bertz CT molecular complexity index is 796. The molecule has 0 atom stereocenters. The average molecular weight is 343 g/mol. The second-order valence-corrected chi connectivity index (χ2v) is 5.46. The highest BCUT2D eigenvalue weighted by Gasteiger charge is 2.13. The largest absolute Gasteiger partial charge is 0.298 e. The number of rotatable bonds is 3. The van der Waals surface area contributed by atoms with Crippen LogP contribution in [0.3, 0.4) is 0 Å². The first-order valence-corrected chi connectivity index (χ1v) is 7.06. The van der Waals surface area contributed by atoms with Crippen molar-refractivity contribution in [2.75, 3.05) is 0 Å². The molecule has 104 valence electrons. The first-order valence-electron chi connectivity index (χ1n) is 6.27. The van der Waals surface area contributed by atoms with Crippen molar-refractivity contribution in [2.24, 2.45) is 0 Å². The monoisotopic (exact) mass is 342 g/mol. The average Bonchev–Trinajstić information content (AvgIpc) is 2.92. The summed E-state index contributed by atoms with van der Waals surface area (Å²) in [6.45, 7) is 1.98. The quantitative estimate of drug-likeness (QED) is 0.685. The van der Waals surface area contributed by atoms with E-state index in [-0.39, 0.29) is 0 Å². The van der Waals surface area contributed by atoms with Crippen molar-refractivity contribution >= 4 is 22.2 Å². The fourth-order valence-electron chi connectivity index (χ4n) is 1.95. The number of halogens is 1. The molecule has 0 fully saturated rings. The van der Waals surface area contributed by atoms with Gasteiger partial charge in [-0.25, -0.2) is 9.67 Å². The van der Waals surface area contributed by atoms with E-state index in [2.05, 4.69) is 31.0 Å². The van der Waals surface area contributed by atoms with Crippen molar-refractivity contribution in [2.45, 2.75) is 6.92 Å². The van der Waals surface area contributed by atoms with Crippen LogP contribution in [-0.4, -0.2) is 26.0 Å². The molecular weight excluding hydrogens is 332 g/mol. The van der Waals surface area contributed by atoms with Crippen LogP contribution >= 0.6 is 15.9 Å². The predicted molar refractivity (Wildman–Crippen MR) is 82.4 cm³/mol. The maximum absolute atomic E-state index is 11.3. The molecule has 0 N–H and O–H groups in total. The summed E-state index contributed by atoms with van der Waals surface area (Å²) < 4.78 is 2.47. The van der Waals surface area contributed by atoms with Gasteiger partial charge in [0.25, 0.3) is 0 Å². The third-order valence-corrected chi connectivity index (χ3v) is 3.44. The van der Waals surface area contributed by atoms with Gasteiger partial charge in [-0.15, -0.1) is 0 Å². The Hall–Kier alpha value is -2.34. The van der Waals surface area contributed by atoms with Crippen LogP contribution in [0.25, 0.3) is 17.2 Å². The number of aromatic nitrogens is 4. The maximum Gasteiger partial charge on any atom is 0.153 e. The second kappa shape index (κ2) is 5.57. The highest BCUT2D eigenvalue weighted by Crippen LogP contribution is 2.21. The Balaban J connectivity index is 2.10. The zero-order chi connectivity index (χ0) is 14.8. The Morgan fingerprint density at radius 2 is 2.10 bits per heavy atom. The van der Waals surface area contributed by atoms with Gasteiger partial charge in [-0.2, -0.15) is 5.10 Å².